The summed E-state index contributed by atoms with van der Waals surface area (Å²) in [5.41, 5.74) is 0. The summed E-state index contributed by atoms with van der Waals surface area (Å²) in [6.45, 7) is -1.45. The van der Waals surface area contributed by atoms with Crippen molar-refractivity contribution in [3.8, 4) is 0 Å². The van der Waals surface area contributed by atoms with Crippen LogP contribution in [0.15, 0.2) is 0 Å². The highest BCUT2D eigenvalue weighted by molar-refractivity contribution is 7.89. The van der Waals surface area contributed by atoms with E-state index in [2.05, 4.69) is 5.32 Å². The normalized spacial score (nSPS) is 17.7. The molecular formula is C8H14F4N2O2S. The molecule has 0 spiro atoms. The van der Waals surface area contributed by atoms with E-state index >= 15 is 0 Å². The summed E-state index contributed by atoms with van der Waals surface area (Å²) < 4.78 is 72.2. The molecular weight excluding hydrogens is 264 g/mol. The van der Waals surface area contributed by atoms with E-state index in [0.29, 0.717) is 6.04 Å². The quantitative estimate of drug-likeness (QED) is 0.638. The molecule has 0 heterocycles. The van der Waals surface area contributed by atoms with Crippen LogP contribution in [0.1, 0.15) is 12.8 Å². The molecule has 1 aliphatic rings. The summed E-state index contributed by atoms with van der Waals surface area (Å²) in [6, 6.07) is 0.299. The lowest BCUT2D eigenvalue weighted by Crippen LogP contribution is -2.43. The van der Waals surface area contributed by atoms with Crippen molar-refractivity contribution >= 4 is 10.0 Å². The molecule has 0 amide bonds. The molecule has 9 heteroatoms. The van der Waals surface area contributed by atoms with E-state index in [9.17, 15) is 26.0 Å². The summed E-state index contributed by atoms with van der Waals surface area (Å²) in [6.07, 6.45) is -1.94. The van der Waals surface area contributed by atoms with Crippen LogP contribution in [0.5, 0.6) is 0 Å². The molecule has 17 heavy (non-hydrogen) atoms. The Hall–Kier alpha value is -0.410. The molecule has 4 nitrogen and oxygen atoms in total. The van der Waals surface area contributed by atoms with Crippen LogP contribution in [0.25, 0.3) is 0 Å². The molecule has 2 N–H and O–H groups in total. The molecule has 1 aliphatic carbocycles. The molecule has 0 saturated heterocycles. The molecule has 0 aromatic heterocycles. The Kier molecular flexibility index (Phi) is 4.73. The van der Waals surface area contributed by atoms with Gasteiger partial charge in [0.25, 0.3) is 0 Å². The second kappa shape index (κ2) is 5.49. The van der Waals surface area contributed by atoms with Gasteiger partial charge < -0.3 is 5.32 Å². The topological polar surface area (TPSA) is 58.2 Å². The van der Waals surface area contributed by atoms with Crippen molar-refractivity contribution in [2.24, 2.45) is 0 Å². The van der Waals surface area contributed by atoms with Crippen molar-refractivity contribution in [2.45, 2.75) is 31.2 Å². The highest BCUT2D eigenvalue weighted by Gasteiger charge is 2.41. The first-order chi connectivity index (χ1) is 7.73. The monoisotopic (exact) mass is 278 g/mol. The lowest BCUT2D eigenvalue weighted by molar-refractivity contribution is -0.122. The van der Waals surface area contributed by atoms with Gasteiger partial charge in [-0.2, -0.15) is 8.78 Å². The van der Waals surface area contributed by atoms with Crippen LogP contribution in [0.4, 0.5) is 17.6 Å². The second-order valence-corrected chi connectivity index (χ2v) is 5.86. The zero-order valence-corrected chi connectivity index (χ0v) is 9.74. The Morgan fingerprint density at radius 3 is 2.35 bits per heavy atom. The molecule has 0 unspecified atom stereocenters. The SMILES string of the molecule is O=S(=O)(CCNC1CC1)NCC(F)(F)C(F)F. The first-order valence-electron chi connectivity index (χ1n) is 5.10. The van der Waals surface area contributed by atoms with E-state index in [0.717, 1.165) is 12.8 Å². The Bertz CT molecular complexity index is 343. The van der Waals surface area contributed by atoms with Gasteiger partial charge in [-0.05, 0) is 12.8 Å². The maximum Gasteiger partial charge on any atom is 0.320 e. The molecule has 0 radical (unpaired) electrons. The molecule has 1 rings (SSSR count). The van der Waals surface area contributed by atoms with Crippen molar-refractivity contribution in [2.75, 3.05) is 18.8 Å². The first-order valence-corrected chi connectivity index (χ1v) is 6.75. The molecule has 0 aromatic rings. The molecule has 0 aliphatic heterocycles. The lowest BCUT2D eigenvalue weighted by atomic mass is 10.4. The summed E-state index contributed by atoms with van der Waals surface area (Å²) in [4.78, 5) is 0. The van der Waals surface area contributed by atoms with Gasteiger partial charge in [0.15, 0.2) is 0 Å². The van der Waals surface area contributed by atoms with E-state index in [-0.39, 0.29) is 6.54 Å². The lowest BCUT2D eigenvalue weighted by Gasteiger charge is -2.15. The minimum absolute atomic E-state index is 0.125. The Balaban J connectivity index is 2.27. The molecule has 102 valence electrons. The predicted octanol–water partition coefficient (Wildman–Crippen LogP) is 0.558. The highest BCUT2D eigenvalue weighted by atomic mass is 32.2. The van der Waals surface area contributed by atoms with Crippen LogP contribution in [0.2, 0.25) is 0 Å². The average Bonchev–Trinajstić information content (AvgIpc) is 2.99. The fourth-order valence-corrected chi connectivity index (χ4v) is 1.98. The van der Waals surface area contributed by atoms with E-state index in [1.54, 1.807) is 0 Å². The van der Waals surface area contributed by atoms with Crippen LogP contribution in [0, 0.1) is 0 Å². The number of sulfonamides is 1. The fraction of sp³-hybridized carbons (Fsp3) is 1.00. The maximum absolute atomic E-state index is 12.4. The van der Waals surface area contributed by atoms with Crippen LogP contribution in [-0.2, 0) is 10.0 Å². The van der Waals surface area contributed by atoms with Crippen molar-refractivity contribution in [3.05, 3.63) is 0 Å². The van der Waals surface area contributed by atoms with Crippen molar-refractivity contribution in [1.29, 1.82) is 0 Å². The molecule has 0 aromatic carbocycles. The summed E-state index contributed by atoms with van der Waals surface area (Å²) in [7, 11) is -3.94. The van der Waals surface area contributed by atoms with Gasteiger partial charge in [0.2, 0.25) is 10.0 Å². The average molecular weight is 278 g/mol. The minimum atomic E-state index is -4.34. The molecule has 0 bridgehead atoms. The Labute approximate surface area is 96.8 Å². The van der Waals surface area contributed by atoms with Gasteiger partial charge in [0.1, 0.15) is 0 Å². The van der Waals surface area contributed by atoms with Crippen molar-refractivity contribution < 1.29 is 26.0 Å². The van der Waals surface area contributed by atoms with Gasteiger partial charge in [-0.3, -0.25) is 0 Å². The van der Waals surface area contributed by atoms with Gasteiger partial charge in [-0.1, -0.05) is 0 Å². The van der Waals surface area contributed by atoms with Gasteiger partial charge in [-0.25, -0.2) is 21.9 Å². The number of rotatable bonds is 8. The molecule has 1 fully saturated rings. The van der Waals surface area contributed by atoms with Gasteiger partial charge >= 0.3 is 12.3 Å². The maximum atomic E-state index is 12.4. The Morgan fingerprint density at radius 2 is 1.88 bits per heavy atom. The highest BCUT2D eigenvalue weighted by Crippen LogP contribution is 2.21. The standard InChI is InChI=1S/C8H14F4N2O2S/c9-7(10)8(11,12)5-14-17(15,16)4-3-13-6-1-2-6/h6-7,13-14H,1-5H2. The van der Waals surface area contributed by atoms with Crippen LogP contribution in [-0.4, -0.2) is 45.6 Å². The first kappa shape index (κ1) is 14.7. The largest absolute Gasteiger partial charge is 0.320 e. The molecule has 0 atom stereocenters. The van der Waals surface area contributed by atoms with Gasteiger partial charge in [-0.15, -0.1) is 0 Å². The third kappa shape index (κ3) is 5.64. The second-order valence-electron chi connectivity index (χ2n) is 3.93. The van der Waals surface area contributed by atoms with Gasteiger partial charge in [0, 0.05) is 12.6 Å². The zero-order chi connectivity index (χ0) is 13.1. The van der Waals surface area contributed by atoms with Crippen molar-refractivity contribution in [3.63, 3.8) is 0 Å². The van der Waals surface area contributed by atoms with E-state index in [1.165, 1.54) is 4.72 Å². The summed E-state index contributed by atoms with van der Waals surface area (Å²) in [5, 5.41) is 2.88. The fourth-order valence-electron chi connectivity index (χ4n) is 1.04. The van der Waals surface area contributed by atoms with E-state index in [1.807, 2.05) is 0 Å². The van der Waals surface area contributed by atoms with Crippen LogP contribution >= 0.6 is 0 Å². The van der Waals surface area contributed by atoms with E-state index in [4.69, 9.17) is 0 Å². The minimum Gasteiger partial charge on any atom is -0.313 e. The number of hydrogen-bond acceptors (Lipinski definition) is 3. The van der Waals surface area contributed by atoms with Crippen LogP contribution < -0.4 is 10.0 Å². The Morgan fingerprint density at radius 1 is 1.29 bits per heavy atom. The third-order valence-electron chi connectivity index (χ3n) is 2.23. The van der Waals surface area contributed by atoms with E-state index < -0.39 is 34.7 Å². The summed E-state index contributed by atoms with van der Waals surface area (Å²) >= 11 is 0. The molecule has 1 saturated carbocycles. The zero-order valence-electron chi connectivity index (χ0n) is 8.93. The van der Waals surface area contributed by atoms with Crippen LogP contribution in [0.3, 0.4) is 0 Å². The third-order valence-corrected chi connectivity index (χ3v) is 3.55. The van der Waals surface area contributed by atoms with Gasteiger partial charge in [0.05, 0.1) is 12.3 Å². The number of halogens is 4. The van der Waals surface area contributed by atoms with Crippen molar-refractivity contribution in [1.82, 2.24) is 10.0 Å². The summed E-state index contributed by atoms with van der Waals surface area (Å²) in [5.74, 6) is -4.74. The smallest absolute Gasteiger partial charge is 0.313 e. The number of alkyl halides is 4. The number of hydrogen-bond donors (Lipinski definition) is 2. The predicted molar refractivity (Wildman–Crippen MR) is 53.8 cm³/mol. The number of nitrogens with one attached hydrogen (secondary N) is 2.